The van der Waals surface area contributed by atoms with Crippen molar-refractivity contribution < 1.29 is 29.2 Å². The number of nitrogens with one attached hydrogen (secondary N) is 2. The smallest absolute Gasteiger partial charge is 0.331 e. The van der Waals surface area contributed by atoms with Crippen molar-refractivity contribution in [2.45, 2.75) is 24.5 Å². The molecule has 0 radical (unpaired) electrons. The van der Waals surface area contributed by atoms with Crippen LogP contribution < -0.4 is 5.43 Å². The first-order valence-corrected chi connectivity index (χ1v) is 7.53. The molecule has 1 saturated heterocycles. The molecule has 13 nitrogen and oxygen atoms in total. The van der Waals surface area contributed by atoms with Gasteiger partial charge in [0.25, 0.3) is 0 Å². The van der Waals surface area contributed by atoms with Crippen LogP contribution >= 0.6 is 0 Å². The van der Waals surface area contributed by atoms with Crippen LogP contribution in [-0.2, 0) is 19.0 Å². The van der Waals surface area contributed by atoms with Gasteiger partial charge in [0.2, 0.25) is 0 Å². The number of imidazole rings is 1. The number of ether oxygens (including phenoxy) is 3. The highest BCUT2D eigenvalue weighted by Crippen LogP contribution is 2.34. The fraction of sp³-hybridized carbons (Fsp3) is 0.538. The molecule has 2 aromatic heterocycles. The summed E-state index contributed by atoms with van der Waals surface area (Å²) < 4.78 is 17.1. The number of carbonyl (C=O) groups excluding carboxylic acids is 1. The van der Waals surface area contributed by atoms with Gasteiger partial charge in [0.15, 0.2) is 23.2 Å². The van der Waals surface area contributed by atoms with E-state index in [0.29, 0.717) is 11.2 Å². The summed E-state index contributed by atoms with van der Waals surface area (Å²) >= 11 is 0. The molecule has 3 rings (SSSR count). The summed E-state index contributed by atoms with van der Waals surface area (Å²) in [5.41, 5.74) is 9.91. The Balaban J connectivity index is 1.94. The number of hydrogen-bond acceptors (Lipinski definition) is 11. The summed E-state index contributed by atoms with van der Waals surface area (Å²) in [5, 5.41) is 22.8. The molecule has 0 bridgehead atoms. The first-order valence-electron chi connectivity index (χ1n) is 7.53. The molecule has 1 unspecified atom stereocenters. The van der Waals surface area contributed by atoms with Gasteiger partial charge in [0.05, 0.1) is 20.0 Å². The Kier molecular flexibility index (Phi) is 5.32. The largest absolute Gasteiger partial charge is 0.467 e. The Labute approximate surface area is 146 Å². The van der Waals surface area contributed by atoms with Gasteiger partial charge in [-0.3, -0.25) is 4.57 Å². The van der Waals surface area contributed by atoms with E-state index < -0.39 is 43.7 Å². The van der Waals surface area contributed by atoms with Crippen molar-refractivity contribution in [3.8, 4) is 0 Å². The summed E-state index contributed by atoms with van der Waals surface area (Å²) in [7, 11) is 1.22. The molecule has 1 aliphatic heterocycles. The van der Waals surface area contributed by atoms with E-state index in [4.69, 9.17) is 15.0 Å². The highest BCUT2D eigenvalue weighted by Gasteiger charge is 2.46. The Morgan fingerprint density at radius 1 is 1.50 bits per heavy atom. The Morgan fingerprint density at radius 3 is 3.00 bits per heavy atom. The quantitative estimate of drug-likeness (QED) is 0.269. The van der Waals surface area contributed by atoms with E-state index in [9.17, 15) is 15.0 Å². The molecule has 0 amide bonds. The average Bonchev–Trinajstić information content (AvgIpc) is 3.21. The molecule has 1 aliphatic rings. The number of nitrogens with zero attached hydrogens (tertiary/aromatic N) is 5. The molecule has 26 heavy (non-hydrogen) atoms. The molecule has 13 heteroatoms. The highest BCUT2D eigenvalue weighted by molar-refractivity contribution is 5.82. The van der Waals surface area contributed by atoms with Crippen LogP contribution in [0.15, 0.2) is 17.9 Å². The third-order valence-electron chi connectivity index (χ3n) is 3.91. The molecule has 4 N–H and O–H groups in total. The van der Waals surface area contributed by atoms with Crippen molar-refractivity contribution >= 4 is 23.0 Å². The van der Waals surface area contributed by atoms with Gasteiger partial charge in [0, 0.05) is 0 Å². The highest BCUT2D eigenvalue weighted by atomic mass is 16.6. The molecule has 140 valence electrons. The lowest BCUT2D eigenvalue weighted by Gasteiger charge is -2.21. The second kappa shape index (κ2) is 7.65. The number of fused-ring (bicyclic) bond motifs is 1. The maximum absolute atomic E-state index is 11.4. The number of aliphatic hydroxyl groups is 2. The fourth-order valence-electron chi connectivity index (χ4n) is 2.67. The third-order valence-corrected chi connectivity index (χ3v) is 3.91. The second-order valence-corrected chi connectivity index (χ2v) is 5.36. The van der Waals surface area contributed by atoms with E-state index >= 15 is 0 Å². The SMILES string of the molecule is COC(=O)CO[C@H]1C(n2cnc3c(NN=N)ncnc32)O[C@H](CO)[C@H]1O. The normalized spacial score (nSPS) is 25.3. The number of methoxy groups -OCH3 is 1. The molecule has 2 aromatic rings. The zero-order valence-electron chi connectivity index (χ0n) is 13.6. The van der Waals surface area contributed by atoms with Crippen LogP contribution in [0.25, 0.3) is 11.2 Å². The molecule has 0 saturated carbocycles. The van der Waals surface area contributed by atoms with Crippen molar-refractivity contribution in [2.24, 2.45) is 5.22 Å². The van der Waals surface area contributed by atoms with Crippen LogP contribution in [0.3, 0.4) is 0 Å². The maximum Gasteiger partial charge on any atom is 0.331 e. The number of rotatable bonds is 7. The minimum Gasteiger partial charge on any atom is -0.467 e. The van der Waals surface area contributed by atoms with Crippen molar-refractivity contribution in [3.05, 3.63) is 12.7 Å². The first-order chi connectivity index (χ1) is 12.6. The van der Waals surface area contributed by atoms with Crippen molar-refractivity contribution in [3.63, 3.8) is 0 Å². The predicted octanol–water partition coefficient (Wildman–Crippen LogP) is -1.01. The van der Waals surface area contributed by atoms with E-state index in [0.717, 1.165) is 0 Å². The Hall–Kier alpha value is -2.74. The van der Waals surface area contributed by atoms with Gasteiger partial charge in [-0.05, 0) is 0 Å². The summed E-state index contributed by atoms with van der Waals surface area (Å²) in [6.07, 6.45) is -1.35. The molecular formula is C13H17N7O6. The summed E-state index contributed by atoms with van der Waals surface area (Å²) in [5.74, 6) is -0.405. The number of anilines is 1. The van der Waals surface area contributed by atoms with Crippen molar-refractivity contribution in [2.75, 3.05) is 25.7 Å². The molecule has 1 fully saturated rings. The van der Waals surface area contributed by atoms with Crippen LogP contribution in [0.5, 0.6) is 0 Å². The lowest BCUT2D eigenvalue weighted by Crippen LogP contribution is -2.36. The van der Waals surface area contributed by atoms with E-state index in [2.05, 4.69) is 30.3 Å². The number of aromatic nitrogens is 4. The van der Waals surface area contributed by atoms with Gasteiger partial charge in [-0.25, -0.2) is 25.2 Å². The van der Waals surface area contributed by atoms with Gasteiger partial charge < -0.3 is 24.4 Å². The average molecular weight is 367 g/mol. The third kappa shape index (κ3) is 3.20. The van der Waals surface area contributed by atoms with Crippen molar-refractivity contribution in [1.82, 2.24) is 19.5 Å². The fourth-order valence-corrected chi connectivity index (χ4v) is 2.67. The molecule has 4 atom stereocenters. The maximum atomic E-state index is 11.4. The number of hydrogen-bond donors (Lipinski definition) is 4. The summed E-state index contributed by atoms with van der Waals surface area (Å²) in [6, 6.07) is 0. The van der Waals surface area contributed by atoms with Crippen LogP contribution in [-0.4, -0.2) is 74.3 Å². The lowest BCUT2D eigenvalue weighted by molar-refractivity contribution is -0.152. The standard InChI is InChI=1S/C13H17N7O6/c1-24-7(22)3-25-10-9(23)6(2-21)26-13(10)20-5-17-8-11(18-19-14)15-4-16-12(8)20/h4-6,9-10,13,21,23H,2-3H2,1H3,(H2,14,15,16,18)/t6-,9-,10-,13?/m1/s1. The number of carbonyl (C=O) groups is 1. The summed E-state index contributed by atoms with van der Waals surface area (Å²) in [6.45, 7) is -0.843. The Bertz CT molecular complexity index is 798. The van der Waals surface area contributed by atoms with Crippen LogP contribution in [0.2, 0.25) is 0 Å². The van der Waals surface area contributed by atoms with E-state index in [1.807, 2.05) is 0 Å². The van der Waals surface area contributed by atoms with Gasteiger partial charge in [-0.2, -0.15) is 5.53 Å². The van der Waals surface area contributed by atoms with Gasteiger partial charge in [-0.15, -0.1) is 0 Å². The zero-order chi connectivity index (χ0) is 18.7. The van der Waals surface area contributed by atoms with Gasteiger partial charge >= 0.3 is 5.97 Å². The van der Waals surface area contributed by atoms with Crippen LogP contribution in [0.4, 0.5) is 5.82 Å². The van der Waals surface area contributed by atoms with Crippen LogP contribution in [0, 0.1) is 5.53 Å². The second-order valence-electron chi connectivity index (χ2n) is 5.36. The monoisotopic (exact) mass is 367 g/mol. The van der Waals surface area contributed by atoms with E-state index in [1.54, 1.807) is 0 Å². The Morgan fingerprint density at radius 2 is 2.31 bits per heavy atom. The molecule has 0 spiro atoms. The number of aliphatic hydroxyl groups excluding tert-OH is 2. The molecule has 0 aliphatic carbocycles. The topological polar surface area (TPSA) is 177 Å². The first kappa shape index (κ1) is 18.1. The minimum atomic E-state index is -1.19. The molecule has 3 heterocycles. The zero-order valence-corrected chi connectivity index (χ0v) is 13.6. The lowest BCUT2D eigenvalue weighted by atomic mass is 10.1. The molecule has 0 aromatic carbocycles. The van der Waals surface area contributed by atoms with Gasteiger partial charge in [-0.1, -0.05) is 5.22 Å². The van der Waals surface area contributed by atoms with E-state index in [-0.39, 0.29) is 5.82 Å². The van der Waals surface area contributed by atoms with Gasteiger partial charge in [0.1, 0.15) is 31.2 Å². The van der Waals surface area contributed by atoms with Crippen LogP contribution in [0.1, 0.15) is 6.23 Å². The van der Waals surface area contributed by atoms with E-state index in [1.165, 1.54) is 24.3 Å². The number of esters is 1. The molecular weight excluding hydrogens is 350 g/mol. The summed E-state index contributed by atoms with van der Waals surface area (Å²) in [4.78, 5) is 23.6. The van der Waals surface area contributed by atoms with Crippen molar-refractivity contribution in [1.29, 1.82) is 5.53 Å². The minimum absolute atomic E-state index is 0.216. The predicted molar refractivity (Wildman–Crippen MR) is 82.9 cm³/mol.